The Balaban J connectivity index is 1.82. The van der Waals surface area contributed by atoms with Gasteiger partial charge < -0.3 is 11.1 Å². The molecule has 1 fully saturated rings. The minimum absolute atomic E-state index is 0.350. The highest BCUT2D eigenvalue weighted by Crippen LogP contribution is 2.17. The summed E-state index contributed by atoms with van der Waals surface area (Å²) in [5.74, 6) is 0.700. The van der Waals surface area contributed by atoms with Gasteiger partial charge in [-0.15, -0.1) is 0 Å². The Hall–Kier alpha value is -0.860. The van der Waals surface area contributed by atoms with E-state index < -0.39 is 0 Å². The number of benzene rings is 1. The van der Waals surface area contributed by atoms with Gasteiger partial charge in [-0.2, -0.15) is 0 Å². The summed E-state index contributed by atoms with van der Waals surface area (Å²) in [6.45, 7) is 2.12. The van der Waals surface area contributed by atoms with Crippen molar-refractivity contribution in [3.63, 3.8) is 0 Å². The summed E-state index contributed by atoms with van der Waals surface area (Å²) in [5, 5.41) is 3.34. The second-order valence-electron chi connectivity index (χ2n) is 4.44. The molecule has 2 rings (SSSR count). The van der Waals surface area contributed by atoms with Crippen molar-refractivity contribution < 1.29 is 0 Å². The van der Waals surface area contributed by atoms with Crippen molar-refractivity contribution in [2.75, 3.05) is 13.1 Å². The van der Waals surface area contributed by atoms with Crippen molar-refractivity contribution >= 4 is 0 Å². The maximum absolute atomic E-state index is 6.08. The Labute approximate surface area is 91.9 Å². The number of hydrogen-bond donors (Lipinski definition) is 2. The average Bonchev–Trinajstić information content (AvgIpc) is 2.29. The average molecular weight is 204 g/mol. The third-order valence-electron chi connectivity index (χ3n) is 3.32. The van der Waals surface area contributed by atoms with Crippen LogP contribution in [-0.2, 0) is 6.42 Å². The SMILES string of the molecule is NC1CNCCC1CCc1ccccc1. The van der Waals surface area contributed by atoms with Gasteiger partial charge in [0.25, 0.3) is 0 Å². The Bertz CT molecular complexity index is 284. The van der Waals surface area contributed by atoms with Crippen LogP contribution in [0.5, 0.6) is 0 Å². The van der Waals surface area contributed by atoms with Crippen LogP contribution in [0, 0.1) is 5.92 Å². The third kappa shape index (κ3) is 3.05. The van der Waals surface area contributed by atoms with Crippen molar-refractivity contribution in [3.05, 3.63) is 35.9 Å². The second kappa shape index (κ2) is 5.29. The summed E-state index contributed by atoms with van der Waals surface area (Å²) in [4.78, 5) is 0. The van der Waals surface area contributed by atoms with Gasteiger partial charge in [-0.05, 0) is 37.3 Å². The molecule has 1 aliphatic heterocycles. The minimum atomic E-state index is 0.350. The minimum Gasteiger partial charge on any atom is -0.326 e. The molecule has 1 aromatic rings. The number of nitrogens with one attached hydrogen (secondary N) is 1. The molecule has 0 radical (unpaired) electrons. The van der Waals surface area contributed by atoms with E-state index in [1.54, 1.807) is 0 Å². The maximum Gasteiger partial charge on any atom is 0.0194 e. The molecule has 1 heterocycles. The first-order valence-electron chi connectivity index (χ1n) is 5.86. The lowest BCUT2D eigenvalue weighted by atomic mass is 9.88. The standard InChI is InChI=1S/C13H20N2/c14-13-10-15-9-8-12(13)7-6-11-4-2-1-3-5-11/h1-5,12-13,15H,6-10,14H2. The van der Waals surface area contributed by atoms with Gasteiger partial charge in [0, 0.05) is 12.6 Å². The van der Waals surface area contributed by atoms with Crippen LogP contribution in [0.3, 0.4) is 0 Å². The maximum atomic E-state index is 6.08. The second-order valence-corrected chi connectivity index (χ2v) is 4.44. The number of hydrogen-bond acceptors (Lipinski definition) is 2. The molecule has 0 spiro atoms. The fraction of sp³-hybridized carbons (Fsp3) is 0.538. The zero-order chi connectivity index (χ0) is 10.5. The highest BCUT2D eigenvalue weighted by Gasteiger charge is 2.20. The van der Waals surface area contributed by atoms with Crippen molar-refractivity contribution in [3.8, 4) is 0 Å². The zero-order valence-corrected chi connectivity index (χ0v) is 9.15. The summed E-state index contributed by atoms with van der Waals surface area (Å²) in [6, 6.07) is 11.0. The lowest BCUT2D eigenvalue weighted by molar-refractivity contribution is 0.307. The molecule has 2 heteroatoms. The predicted molar refractivity (Wildman–Crippen MR) is 63.7 cm³/mol. The lowest BCUT2D eigenvalue weighted by Gasteiger charge is -2.29. The molecule has 1 saturated heterocycles. The van der Waals surface area contributed by atoms with E-state index in [0.717, 1.165) is 13.1 Å². The van der Waals surface area contributed by atoms with Gasteiger partial charge in [0.2, 0.25) is 0 Å². The molecule has 15 heavy (non-hydrogen) atoms. The summed E-state index contributed by atoms with van der Waals surface area (Å²) in [7, 11) is 0. The molecular weight excluding hydrogens is 184 g/mol. The van der Waals surface area contributed by atoms with Crippen LogP contribution in [-0.4, -0.2) is 19.1 Å². The molecule has 3 N–H and O–H groups in total. The molecule has 0 amide bonds. The largest absolute Gasteiger partial charge is 0.326 e. The van der Waals surface area contributed by atoms with Crippen LogP contribution in [0.2, 0.25) is 0 Å². The molecule has 1 aromatic carbocycles. The molecule has 2 nitrogen and oxygen atoms in total. The topological polar surface area (TPSA) is 38.0 Å². The van der Waals surface area contributed by atoms with E-state index in [-0.39, 0.29) is 0 Å². The van der Waals surface area contributed by atoms with E-state index in [9.17, 15) is 0 Å². The number of piperidine rings is 1. The van der Waals surface area contributed by atoms with Crippen molar-refractivity contribution in [2.24, 2.45) is 11.7 Å². The highest BCUT2D eigenvalue weighted by atomic mass is 14.9. The molecular formula is C13H20N2. The Morgan fingerprint density at radius 3 is 2.80 bits per heavy atom. The van der Waals surface area contributed by atoms with Gasteiger partial charge in [-0.3, -0.25) is 0 Å². The van der Waals surface area contributed by atoms with Gasteiger partial charge in [-0.25, -0.2) is 0 Å². The summed E-state index contributed by atoms with van der Waals surface area (Å²) >= 11 is 0. The highest BCUT2D eigenvalue weighted by molar-refractivity contribution is 5.14. The van der Waals surface area contributed by atoms with E-state index in [1.165, 1.54) is 24.8 Å². The van der Waals surface area contributed by atoms with Crippen molar-refractivity contribution in [1.82, 2.24) is 5.32 Å². The zero-order valence-electron chi connectivity index (χ0n) is 9.15. The Morgan fingerprint density at radius 1 is 1.27 bits per heavy atom. The fourth-order valence-corrected chi connectivity index (χ4v) is 2.29. The molecule has 0 bridgehead atoms. The summed E-state index contributed by atoms with van der Waals surface area (Å²) < 4.78 is 0. The normalized spacial score (nSPS) is 26.5. The van der Waals surface area contributed by atoms with E-state index in [2.05, 4.69) is 35.6 Å². The summed E-state index contributed by atoms with van der Waals surface area (Å²) in [6.07, 6.45) is 3.63. The Kier molecular flexibility index (Phi) is 3.75. The molecule has 2 atom stereocenters. The van der Waals surface area contributed by atoms with E-state index in [4.69, 9.17) is 5.73 Å². The first kappa shape index (κ1) is 10.7. The van der Waals surface area contributed by atoms with Crippen molar-refractivity contribution in [2.45, 2.75) is 25.3 Å². The predicted octanol–water partition coefficient (Wildman–Crippen LogP) is 1.56. The van der Waals surface area contributed by atoms with Crippen LogP contribution >= 0.6 is 0 Å². The smallest absolute Gasteiger partial charge is 0.0194 e. The van der Waals surface area contributed by atoms with E-state index in [0.29, 0.717) is 12.0 Å². The van der Waals surface area contributed by atoms with Gasteiger partial charge in [0.05, 0.1) is 0 Å². The van der Waals surface area contributed by atoms with Crippen LogP contribution in [0.25, 0.3) is 0 Å². The first-order chi connectivity index (χ1) is 7.36. The molecule has 0 aliphatic carbocycles. The number of aryl methyl sites for hydroxylation is 1. The van der Waals surface area contributed by atoms with Crippen molar-refractivity contribution in [1.29, 1.82) is 0 Å². The lowest BCUT2D eigenvalue weighted by Crippen LogP contribution is -2.46. The summed E-state index contributed by atoms with van der Waals surface area (Å²) in [5.41, 5.74) is 7.51. The van der Waals surface area contributed by atoms with Crippen LogP contribution in [0.15, 0.2) is 30.3 Å². The number of nitrogens with two attached hydrogens (primary N) is 1. The molecule has 82 valence electrons. The first-order valence-corrected chi connectivity index (χ1v) is 5.86. The molecule has 0 aromatic heterocycles. The van der Waals surface area contributed by atoms with Crippen LogP contribution < -0.4 is 11.1 Å². The number of rotatable bonds is 3. The molecule has 2 unspecified atom stereocenters. The van der Waals surface area contributed by atoms with Gasteiger partial charge in [0.1, 0.15) is 0 Å². The van der Waals surface area contributed by atoms with Gasteiger partial charge in [0.15, 0.2) is 0 Å². The van der Waals surface area contributed by atoms with Gasteiger partial charge >= 0.3 is 0 Å². The van der Waals surface area contributed by atoms with Crippen LogP contribution in [0.4, 0.5) is 0 Å². The Morgan fingerprint density at radius 2 is 2.07 bits per heavy atom. The molecule has 0 saturated carbocycles. The molecule has 1 aliphatic rings. The van der Waals surface area contributed by atoms with E-state index in [1.807, 2.05) is 0 Å². The monoisotopic (exact) mass is 204 g/mol. The van der Waals surface area contributed by atoms with Gasteiger partial charge in [-0.1, -0.05) is 30.3 Å². The fourth-order valence-electron chi connectivity index (χ4n) is 2.29. The van der Waals surface area contributed by atoms with E-state index >= 15 is 0 Å². The van der Waals surface area contributed by atoms with Crippen LogP contribution in [0.1, 0.15) is 18.4 Å². The third-order valence-corrected chi connectivity index (χ3v) is 3.32. The quantitative estimate of drug-likeness (QED) is 0.784.